The first-order chi connectivity index (χ1) is 13.9. The molecule has 1 aliphatic rings. The smallest absolute Gasteiger partial charge is 0.337 e. The second kappa shape index (κ2) is 8.01. The number of imide groups is 1. The van der Waals surface area contributed by atoms with Crippen molar-refractivity contribution in [2.24, 2.45) is 0 Å². The zero-order valence-electron chi connectivity index (χ0n) is 15.7. The molecular formula is C20H18N2O7. The van der Waals surface area contributed by atoms with Crippen LogP contribution < -0.4 is 14.8 Å². The van der Waals surface area contributed by atoms with Gasteiger partial charge in [0.1, 0.15) is 0 Å². The molecule has 3 amide bonds. The van der Waals surface area contributed by atoms with Crippen LogP contribution in [-0.4, -0.2) is 54.5 Å². The minimum atomic E-state index is -1.26. The number of anilines is 1. The van der Waals surface area contributed by atoms with Crippen molar-refractivity contribution in [1.82, 2.24) is 4.90 Å². The van der Waals surface area contributed by atoms with Crippen LogP contribution >= 0.6 is 0 Å². The number of benzene rings is 2. The molecule has 0 aromatic heterocycles. The number of carbonyl (C=O) groups excluding carboxylic acids is 3. The van der Waals surface area contributed by atoms with E-state index in [0.29, 0.717) is 11.1 Å². The predicted molar refractivity (Wildman–Crippen MR) is 102 cm³/mol. The molecule has 150 valence electrons. The molecule has 3 rings (SSSR count). The number of carboxylic acids is 1. The molecule has 9 heteroatoms. The van der Waals surface area contributed by atoms with Crippen LogP contribution in [-0.2, 0) is 4.79 Å². The Morgan fingerprint density at radius 3 is 2.07 bits per heavy atom. The van der Waals surface area contributed by atoms with Crippen molar-refractivity contribution < 1.29 is 33.8 Å². The summed E-state index contributed by atoms with van der Waals surface area (Å²) >= 11 is 0. The number of nitrogens with one attached hydrogen (secondary N) is 1. The first-order valence-electron chi connectivity index (χ1n) is 8.61. The maximum Gasteiger partial charge on any atom is 0.337 e. The Labute approximate surface area is 165 Å². The highest BCUT2D eigenvalue weighted by atomic mass is 16.5. The second-order valence-corrected chi connectivity index (χ2v) is 6.16. The van der Waals surface area contributed by atoms with E-state index in [4.69, 9.17) is 9.47 Å². The minimum absolute atomic E-state index is 0.0162. The molecule has 0 bridgehead atoms. The van der Waals surface area contributed by atoms with Crippen LogP contribution in [0.15, 0.2) is 36.4 Å². The fourth-order valence-corrected chi connectivity index (χ4v) is 3.03. The summed E-state index contributed by atoms with van der Waals surface area (Å²) < 4.78 is 10.2. The largest absolute Gasteiger partial charge is 0.493 e. The average molecular weight is 398 g/mol. The molecule has 1 heterocycles. The Bertz CT molecular complexity index is 981. The minimum Gasteiger partial charge on any atom is -0.493 e. The molecule has 0 saturated heterocycles. The first-order valence-corrected chi connectivity index (χ1v) is 8.61. The number of methoxy groups -OCH3 is 2. The van der Waals surface area contributed by atoms with Crippen LogP contribution in [0.3, 0.4) is 0 Å². The van der Waals surface area contributed by atoms with Gasteiger partial charge in [-0.15, -0.1) is 0 Å². The monoisotopic (exact) mass is 398 g/mol. The molecule has 2 aromatic rings. The van der Waals surface area contributed by atoms with Crippen molar-refractivity contribution in [2.45, 2.75) is 6.42 Å². The third kappa shape index (κ3) is 3.75. The van der Waals surface area contributed by atoms with E-state index in [9.17, 15) is 24.3 Å². The van der Waals surface area contributed by atoms with E-state index in [-0.39, 0.29) is 35.7 Å². The van der Waals surface area contributed by atoms with Gasteiger partial charge in [0, 0.05) is 25.1 Å². The normalized spacial score (nSPS) is 12.6. The van der Waals surface area contributed by atoms with Crippen LogP contribution in [0.2, 0.25) is 0 Å². The molecule has 1 aliphatic heterocycles. The molecule has 0 radical (unpaired) electrons. The fraction of sp³-hybridized carbons (Fsp3) is 0.200. The number of carbonyl (C=O) groups is 4. The first kappa shape index (κ1) is 19.9. The van der Waals surface area contributed by atoms with E-state index in [0.717, 1.165) is 4.90 Å². The van der Waals surface area contributed by atoms with E-state index in [1.807, 2.05) is 0 Å². The summed E-state index contributed by atoms with van der Waals surface area (Å²) in [5.74, 6) is -2.30. The molecule has 9 nitrogen and oxygen atoms in total. The number of fused-ring (bicyclic) bond motifs is 1. The van der Waals surface area contributed by atoms with E-state index >= 15 is 0 Å². The molecule has 2 aromatic carbocycles. The number of carboxylic acid groups (broad SMARTS) is 1. The standard InChI is InChI=1S/C20H18N2O7/c1-28-15-9-13(20(26)27)14(10-16(15)29-2)21-17(23)7-8-22-18(24)11-5-3-4-6-12(11)19(22)25/h3-6,9-10H,7-8H2,1-2H3,(H,21,23)(H,26,27). The third-order valence-electron chi connectivity index (χ3n) is 4.47. The van der Waals surface area contributed by atoms with Crippen molar-refractivity contribution in [2.75, 3.05) is 26.1 Å². The number of rotatable bonds is 7. The molecule has 2 N–H and O–H groups in total. The zero-order valence-corrected chi connectivity index (χ0v) is 15.7. The molecule has 0 unspecified atom stereocenters. The number of hydrogen-bond donors (Lipinski definition) is 2. The van der Waals surface area contributed by atoms with Gasteiger partial charge in [-0.3, -0.25) is 19.3 Å². The lowest BCUT2D eigenvalue weighted by Gasteiger charge is -2.15. The number of ether oxygens (including phenoxy) is 2. The third-order valence-corrected chi connectivity index (χ3v) is 4.47. The van der Waals surface area contributed by atoms with E-state index in [2.05, 4.69) is 5.32 Å². The Morgan fingerprint density at radius 2 is 1.55 bits per heavy atom. The van der Waals surface area contributed by atoms with Crippen LogP contribution in [0.5, 0.6) is 11.5 Å². The Balaban J connectivity index is 1.73. The molecule has 0 aliphatic carbocycles. The number of amides is 3. The van der Waals surface area contributed by atoms with Gasteiger partial charge in [0.15, 0.2) is 11.5 Å². The number of nitrogens with zero attached hydrogens (tertiary/aromatic N) is 1. The van der Waals surface area contributed by atoms with E-state index in [1.54, 1.807) is 24.3 Å². The summed E-state index contributed by atoms with van der Waals surface area (Å²) in [7, 11) is 2.75. The maximum absolute atomic E-state index is 12.4. The summed E-state index contributed by atoms with van der Waals surface area (Å²) in [6.45, 7) is -0.131. The lowest BCUT2D eigenvalue weighted by molar-refractivity contribution is -0.116. The van der Waals surface area contributed by atoms with Crippen molar-refractivity contribution in [1.29, 1.82) is 0 Å². The summed E-state index contributed by atoms with van der Waals surface area (Å²) in [6, 6.07) is 9.00. The quantitative estimate of drug-likeness (QED) is 0.684. The SMILES string of the molecule is COc1cc(NC(=O)CCN2C(=O)c3ccccc3C2=O)c(C(=O)O)cc1OC. The molecule has 0 fully saturated rings. The highest BCUT2D eigenvalue weighted by molar-refractivity contribution is 6.21. The topological polar surface area (TPSA) is 122 Å². The average Bonchev–Trinajstić information content (AvgIpc) is 2.96. The van der Waals surface area contributed by atoms with Gasteiger partial charge in [-0.1, -0.05) is 12.1 Å². The maximum atomic E-state index is 12.4. The molecule has 0 spiro atoms. The highest BCUT2D eigenvalue weighted by Gasteiger charge is 2.35. The van der Waals surface area contributed by atoms with Gasteiger partial charge in [0.05, 0.1) is 36.6 Å². The summed E-state index contributed by atoms with van der Waals surface area (Å²) in [5, 5.41) is 11.9. The molecule has 29 heavy (non-hydrogen) atoms. The van der Waals surface area contributed by atoms with Gasteiger partial charge in [-0.25, -0.2) is 4.79 Å². The Morgan fingerprint density at radius 1 is 1.00 bits per heavy atom. The molecular weight excluding hydrogens is 380 g/mol. The summed E-state index contributed by atoms with van der Waals surface area (Å²) in [5.41, 5.74) is 0.427. The molecule has 0 saturated carbocycles. The predicted octanol–water partition coefficient (Wildman–Crippen LogP) is 2.03. The van der Waals surface area contributed by atoms with Crippen LogP contribution in [0, 0.1) is 0 Å². The number of aromatic carboxylic acids is 1. The Kier molecular flexibility index (Phi) is 5.49. The van der Waals surface area contributed by atoms with E-state index in [1.165, 1.54) is 26.4 Å². The van der Waals surface area contributed by atoms with Gasteiger partial charge < -0.3 is 19.9 Å². The van der Waals surface area contributed by atoms with Crippen molar-refractivity contribution >= 4 is 29.4 Å². The molecule has 0 atom stereocenters. The van der Waals surface area contributed by atoms with Crippen molar-refractivity contribution in [3.05, 3.63) is 53.1 Å². The van der Waals surface area contributed by atoms with Crippen molar-refractivity contribution in [3.8, 4) is 11.5 Å². The number of hydrogen-bond acceptors (Lipinski definition) is 6. The lowest BCUT2D eigenvalue weighted by Crippen LogP contribution is -2.33. The van der Waals surface area contributed by atoms with Gasteiger partial charge in [0.25, 0.3) is 11.8 Å². The van der Waals surface area contributed by atoms with Gasteiger partial charge in [-0.05, 0) is 12.1 Å². The zero-order chi connectivity index (χ0) is 21.1. The van der Waals surface area contributed by atoms with Crippen LogP contribution in [0.4, 0.5) is 5.69 Å². The second-order valence-electron chi connectivity index (χ2n) is 6.16. The van der Waals surface area contributed by atoms with Gasteiger partial charge in [-0.2, -0.15) is 0 Å². The fourth-order valence-electron chi connectivity index (χ4n) is 3.03. The summed E-state index contributed by atoms with van der Waals surface area (Å²) in [4.78, 5) is 49.5. The van der Waals surface area contributed by atoms with Crippen molar-refractivity contribution in [3.63, 3.8) is 0 Å². The van der Waals surface area contributed by atoms with Crippen LogP contribution in [0.25, 0.3) is 0 Å². The van der Waals surface area contributed by atoms with Crippen LogP contribution in [0.1, 0.15) is 37.5 Å². The van der Waals surface area contributed by atoms with Gasteiger partial charge in [0.2, 0.25) is 5.91 Å². The summed E-state index contributed by atoms with van der Waals surface area (Å²) in [6.07, 6.45) is -0.196. The van der Waals surface area contributed by atoms with E-state index < -0.39 is 23.7 Å². The lowest BCUT2D eigenvalue weighted by atomic mass is 10.1. The van der Waals surface area contributed by atoms with Gasteiger partial charge >= 0.3 is 5.97 Å². The highest BCUT2D eigenvalue weighted by Crippen LogP contribution is 2.33. The Hall–Kier alpha value is -3.88.